The first-order valence-electron chi connectivity index (χ1n) is 3.32. The van der Waals surface area contributed by atoms with Gasteiger partial charge in [-0.25, -0.2) is 9.18 Å². The minimum absolute atomic E-state index is 0.222. The van der Waals surface area contributed by atoms with Crippen LogP contribution in [0.2, 0.25) is 0 Å². The van der Waals surface area contributed by atoms with Gasteiger partial charge in [0, 0.05) is 0 Å². The van der Waals surface area contributed by atoms with Crippen LogP contribution in [0.1, 0.15) is 26.7 Å². The lowest BCUT2D eigenvalue weighted by Crippen LogP contribution is -2.30. The molecule has 60 valence electrons. The maximum atomic E-state index is 13.0. The molecule has 0 aliphatic heterocycles. The molecule has 0 aromatic rings. The molecule has 0 aliphatic carbocycles. The average molecular weight is 148 g/mol. The fourth-order valence-electron chi connectivity index (χ4n) is 0.784. The van der Waals surface area contributed by atoms with E-state index < -0.39 is 11.6 Å². The molecular weight excluding hydrogens is 135 g/mol. The summed E-state index contributed by atoms with van der Waals surface area (Å²) in [5, 5.41) is 0. The molecule has 1 atom stereocenters. The summed E-state index contributed by atoms with van der Waals surface area (Å²) in [5.41, 5.74) is -1.80. The smallest absolute Gasteiger partial charge is 0.343 e. The van der Waals surface area contributed by atoms with Crippen LogP contribution >= 0.6 is 0 Å². The summed E-state index contributed by atoms with van der Waals surface area (Å²) in [6.07, 6.45) is 0.863. The molecule has 2 nitrogen and oxygen atoms in total. The van der Waals surface area contributed by atoms with Crippen molar-refractivity contribution in [3.05, 3.63) is 0 Å². The van der Waals surface area contributed by atoms with Gasteiger partial charge in [-0.2, -0.15) is 0 Å². The van der Waals surface area contributed by atoms with Crippen molar-refractivity contribution in [2.45, 2.75) is 32.4 Å². The third kappa shape index (κ3) is 2.33. The zero-order chi connectivity index (χ0) is 8.20. The highest BCUT2D eigenvalue weighted by Crippen LogP contribution is 2.18. The number of halogens is 1. The van der Waals surface area contributed by atoms with Crippen molar-refractivity contribution < 1.29 is 13.9 Å². The van der Waals surface area contributed by atoms with Crippen LogP contribution in [0.4, 0.5) is 4.39 Å². The minimum Gasteiger partial charge on any atom is -0.467 e. The number of hydrogen-bond acceptors (Lipinski definition) is 2. The van der Waals surface area contributed by atoms with Gasteiger partial charge in [0.05, 0.1) is 7.11 Å². The van der Waals surface area contributed by atoms with Crippen LogP contribution in [-0.4, -0.2) is 18.7 Å². The molecule has 0 aromatic heterocycles. The molecule has 0 saturated heterocycles. The number of hydrogen-bond donors (Lipinski definition) is 0. The highest BCUT2D eigenvalue weighted by atomic mass is 19.1. The molecule has 0 radical (unpaired) electrons. The van der Waals surface area contributed by atoms with Crippen LogP contribution in [0.3, 0.4) is 0 Å². The predicted octanol–water partition coefficient (Wildman–Crippen LogP) is 1.69. The van der Waals surface area contributed by atoms with E-state index in [9.17, 15) is 9.18 Å². The van der Waals surface area contributed by atoms with Crippen molar-refractivity contribution in [3.63, 3.8) is 0 Å². The van der Waals surface area contributed by atoms with Crippen LogP contribution in [-0.2, 0) is 9.53 Å². The summed E-state index contributed by atoms with van der Waals surface area (Å²) >= 11 is 0. The van der Waals surface area contributed by atoms with Crippen molar-refractivity contribution in [2.75, 3.05) is 7.11 Å². The molecule has 1 unspecified atom stereocenters. The van der Waals surface area contributed by atoms with E-state index in [1.807, 2.05) is 6.92 Å². The topological polar surface area (TPSA) is 26.3 Å². The van der Waals surface area contributed by atoms with E-state index in [0.717, 1.165) is 0 Å². The van der Waals surface area contributed by atoms with Crippen molar-refractivity contribution in [3.8, 4) is 0 Å². The Morgan fingerprint density at radius 2 is 2.20 bits per heavy atom. The van der Waals surface area contributed by atoms with E-state index in [2.05, 4.69) is 4.74 Å². The quantitative estimate of drug-likeness (QED) is 0.569. The van der Waals surface area contributed by atoms with E-state index in [1.165, 1.54) is 14.0 Å². The summed E-state index contributed by atoms with van der Waals surface area (Å²) in [5.74, 6) is -0.783. The minimum atomic E-state index is -1.80. The second-order valence-electron chi connectivity index (χ2n) is 2.44. The maximum absolute atomic E-state index is 13.0. The van der Waals surface area contributed by atoms with Crippen LogP contribution < -0.4 is 0 Å². The van der Waals surface area contributed by atoms with Crippen LogP contribution in [0, 0.1) is 0 Å². The van der Waals surface area contributed by atoms with Crippen LogP contribution in [0.25, 0.3) is 0 Å². The molecule has 0 heterocycles. The highest BCUT2D eigenvalue weighted by molar-refractivity contribution is 5.78. The molecule has 10 heavy (non-hydrogen) atoms. The molecule has 0 amide bonds. The lowest BCUT2D eigenvalue weighted by atomic mass is 10.0. The number of alkyl halides is 1. The Bertz CT molecular complexity index is 121. The molecule has 0 fully saturated rings. The second kappa shape index (κ2) is 3.54. The Balaban J connectivity index is 3.96. The van der Waals surface area contributed by atoms with Crippen LogP contribution in [0.5, 0.6) is 0 Å². The van der Waals surface area contributed by atoms with Crippen molar-refractivity contribution in [1.82, 2.24) is 0 Å². The Kier molecular flexibility index (Phi) is 3.33. The lowest BCUT2D eigenvalue weighted by molar-refractivity contribution is -0.153. The van der Waals surface area contributed by atoms with Gasteiger partial charge in [-0.3, -0.25) is 0 Å². The summed E-state index contributed by atoms with van der Waals surface area (Å²) in [4.78, 5) is 10.6. The van der Waals surface area contributed by atoms with Gasteiger partial charge in [-0.15, -0.1) is 0 Å². The first kappa shape index (κ1) is 9.40. The van der Waals surface area contributed by atoms with Gasteiger partial charge in [0.15, 0.2) is 0 Å². The third-order valence-electron chi connectivity index (χ3n) is 1.33. The highest BCUT2D eigenvalue weighted by Gasteiger charge is 2.32. The summed E-state index contributed by atoms with van der Waals surface area (Å²) in [7, 11) is 1.19. The number of ether oxygens (including phenoxy) is 1. The first-order valence-corrected chi connectivity index (χ1v) is 3.32. The van der Waals surface area contributed by atoms with E-state index in [-0.39, 0.29) is 6.42 Å². The van der Waals surface area contributed by atoms with Gasteiger partial charge in [-0.05, 0) is 13.3 Å². The summed E-state index contributed by atoms with van der Waals surface area (Å²) < 4.78 is 17.3. The molecular formula is C7H13FO2. The van der Waals surface area contributed by atoms with E-state index in [4.69, 9.17) is 0 Å². The van der Waals surface area contributed by atoms with Gasteiger partial charge >= 0.3 is 5.97 Å². The van der Waals surface area contributed by atoms with Crippen molar-refractivity contribution >= 4 is 5.97 Å². The van der Waals surface area contributed by atoms with E-state index >= 15 is 0 Å². The van der Waals surface area contributed by atoms with Crippen molar-refractivity contribution in [1.29, 1.82) is 0 Å². The summed E-state index contributed by atoms with van der Waals surface area (Å²) in [6, 6.07) is 0. The predicted molar refractivity (Wildman–Crippen MR) is 36.4 cm³/mol. The van der Waals surface area contributed by atoms with Gasteiger partial charge in [0.2, 0.25) is 5.67 Å². The Labute approximate surface area is 60.4 Å². The number of rotatable bonds is 3. The molecule has 0 N–H and O–H groups in total. The Morgan fingerprint density at radius 1 is 1.70 bits per heavy atom. The molecule has 0 bridgehead atoms. The monoisotopic (exact) mass is 148 g/mol. The molecule has 0 saturated carbocycles. The maximum Gasteiger partial charge on any atom is 0.343 e. The molecule has 0 aromatic carbocycles. The zero-order valence-electron chi connectivity index (χ0n) is 6.61. The Morgan fingerprint density at radius 3 is 2.50 bits per heavy atom. The van der Waals surface area contributed by atoms with Crippen molar-refractivity contribution in [2.24, 2.45) is 0 Å². The largest absolute Gasteiger partial charge is 0.467 e. The second-order valence-corrected chi connectivity index (χ2v) is 2.44. The van der Waals surface area contributed by atoms with E-state index in [0.29, 0.717) is 6.42 Å². The first-order chi connectivity index (χ1) is 4.54. The van der Waals surface area contributed by atoms with E-state index in [1.54, 1.807) is 0 Å². The number of methoxy groups -OCH3 is 1. The molecule has 0 aliphatic rings. The van der Waals surface area contributed by atoms with Gasteiger partial charge < -0.3 is 4.74 Å². The zero-order valence-corrected chi connectivity index (χ0v) is 6.61. The van der Waals surface area contributed by atoms with Gasteiger partial charge in [-0.1, -0.05) is 13.3 Å². The number of carbonyl (C=O) groups excluding carboxylic acids is 1. The molecule has 3 heteroatoms. The fraction of sp³-hybridized carbons (Fsp3) is 0.857. The lowest BCUT2D eigenvalue weighted by Gasteiger charge is -2.15. The fourth-order valence-corrected chi connectivity index (χ4v) is 0.784. The summed E-state index contributed by atoms with van der Waals surface area (Å²) in [6.45, 7) is 3.06. The third-order valence-corrected chi connectivity index (χ3v) is 1.33. The SMILES string of the molecule is CCCC(C)(F)C(=O)OC. The average Bonchev–Trinajstić information content (AvgIpc) is 1.86. The van der Waals surface area contributed by atoms with Gasteiger partial charge in [0.1, 0.15) is 0 Å². The molecule has 0 spiro atoms. The standard InChI is InChI=1S/C7H13FO2/c1-4-5-7(2,8)6(9)10-3/h4-5H2,1-3H3. The number of carbonyl (C=O) groups is 1. The normalized spacial score (nSPS) is 16.0. The van der Waals surface area contributed by atoms with Gasteiger partial charge in [0.25, 0.3) is 0 Å². The number of esters is 1. The molecule has 0 rings (SSSR count). The van der Waals surface area contributed by atoms with Crippen LogP contribution in [0.15, 0.2) is 0 Å². The Hall–Kier alpha value is -0.600.